The fourth-order valence-corrected chi connectivity index (χ4v) is 2.17. The minimum absolute atomic E-state index is 0.299. The number of rotatable bonds is 4. The van der Waals surface area contributed by atoms with Gasteiger partial charge in [-0.25, -0.2) is 9.37 Å². The van der Waals surface area contributed by atoms with Gasteiger partial charge in [0.05, 0.1) is 12.3 Å². The van der Waals surface area contributed by atoms with Gasteiger partial charge in [-0.1, -0.05) is 0 Å². The van der Waals surface area contributed by atoms with E-state index in [9.17, 15) is 4.39 Å². The Hall–Kier alpha value is -2.50. The average Bonchev–Trinajstić information content (AvgIpc) is 3.21. The molecule has 0 saturated heterocycles. The maximum Gasteiger partial charge on any atom is 0.202 e. The summed E-state index contributed by atoms with van der Waals surface area (Å²) in [5.74, 6) is 0.531. The summed E-state index contributed by atoms with van der Waals surface area (Å²) in [5, 5.41) is 10.4. The number of pyridine rings is 1. The number of ether oxygens (including phenoxy) is 1. The van der Waals surface area contributed by atoms with Crippen LogP contribution in [-0.4, -0.2) is 27.0 Å². The van der Waals surface area contributed by atoms with Crippen LogP contribution in [0.15, 0.2) is 30.3 Å². The Bertz CT molecular complexity index is 797. The van der Waals surface area contributed by atoms with Crippen molar-refractivity contribution >= 4 is 11.2 Å². The van der Waals surface area contributed by atoms with E-state index in [1.54, 1.807) is 24.3 Å². The Kier molecular flexibility index (Phi) is 2.80. The molecule has 1 aromatic carbocycles. The summed E-state index contributed by atoms with van der Waals surface area (Å²) in [5.41, 5.74) is 2.55. The predicted octanol–water partition coefficient (Wildman–Crippen LogP) is 2.95. The molecule has 6 heteroatoms. The van der Waals surface area contributed by atoms with Crippen molar-refractivity contribution in [2.24, 2.45) is 5.92 Å². The quantitative estimate of drug-likeness (QED) is 0.800. The van der Waals surface area contributed by atoms with Crippen LogP contribution in [0, 0.1) is 11.7 Å². The fourth-order valence-electron chi connectivity index (χ4n) is 2.17. The average molecular weight is 284 g/mol. The van der Waals surface area contributed by atoms with E-state index in [1.807, 2.05) is 0 Å². The smallest absolute Gasteiger partial charge is 0.202 e. The first-order valence-corrected chi connectivity index (χ1v) is 6.90. The number of fused-ring (bicyclic) bond motifs is 1. The lowest BCUT2D eigenvalue weighted by Crippen LogP contribution is -2.00. The molecule has 2 heterocycles. The van der Waals surface area contributed by atoms with Crippen molar-refractivity contribution in [2.75, 3.05) is 6.61 Å². The van der Waals surface area contributed by atoms with E-state index >= 15 is 0 Å². The van der Waals surface area contributed by atoms with Gasteiger partial charge in [-0.3, -0.25) is 0 Å². The van der Waals surface area contributed by atoms with Crippen LogP contribution >= 0.6 is 0 Å². The summed E-state index contributed by atoms with van der Waals surface area (Å²) in [6.07, 6.45) is 2.36. The molecule has 0 unspecified atom stereocenters. The summed E-state index contributed by atoms with van der Waals surface area (Å²) in [6.45, 7) is 0.597. The molecule has 1 aliphatic carbocycles. The molecule has 0 spiro atoms. The zero-order valence-corrected chi connectivity index (χ0v) is 11.2. The number of aromatic nitrogens is 4. The molecule has 1 N–H and O–H groups in total. The monoisotopic (exact) mass is 284 g/mol. The van der Waals surface area contributed by atoms with Crippen molar-refractivity contribution in [3.63, 3.8) is 0 Å². The highest BCUT2D eigenvalue weighted by molar-refractivity contribution is 5.74. The van der Waals surface area contributed by atoms with E-state index in [1.165, 1.54) is 18.9 Å². The van der Waals surface area contributed by atoms with E-state index in [2.05, 4.69) is 20.4 Å². The van der Waals surface area contributed by atoms with Crippen LogP contribution < -0.4 is 4.74 Å². The van der Waals surface area contributed by atoms with Crippen LogP contribution in [0.25, 0.3) is 22.4 Å². The number of aromatic amines is 1. The molecule has 106 valence electrons. The van der Waals surface area contributed by atoms with Gasteiger partial charge in [-0.2, -0.15) is 10.3 Å². The summed E-state index contributed by atoms with van der Waals surface area (Å²) in [4.78, 5) is 4.35. The number of H-pyrrole nitrogens is 1. The van der Waals surface area contributed by atoms with Crippen LogP contribution in [-0.2, 0) is 0 Å². The molecule has 4 rings (SSSR count). The number of nitrogens with zero attached hydrogens (tertiary/aromatic N) is 3. The second-order valence-electron chi connectivity index (χ2n) is 5.26. The van der Waals surface area contributed by atoms with Crippen molar-refractivity contribution in [3.05, 3.63) is 36.1 Å². The first kappa shape index (κ1) is 12.3. The highest BCUT2D eigenvalue weighted by Crippen LogP contribution is 2.31. The molecule has 21 heavy (non-hydrogen) atoms. The second kappa shape index (κ2) is 4.80. The van der Waals surface area contributed by atoms with Gasteiger partial charge in [0.1, 0.15) is 5.52 Å². The lowest BCUT2D eigenvalue weighted by molar-refractivity contribution is 0.285. The molecular weight excluding hydrogens is 271 g/mol. The Balaban J connectivity index is 1.62. The Labute approximate surface area is 120 Å². The van der Waals surface area contributed by atoms with Crippen LogP contribution in [0.2, 0.25) is 0 Å². The van der Waals surface area contributed by atoms with E-state index in [-0.39, 0.29) is 5.82 Å². The highest BCUT2D eigenvalue weighted by atomic mass is 19.1. The van der Waals surface area contributed by atoms with Crippen molar-refractivity contribution in [2.45, 2.75) is 12.8 Å². The summed E-state index contributed by atoms with van der Waals surface area (Å²) >= 11 is 0. The van der Waals surface area contributed by atoms with Gasteiger partial charge < -0.3 is 4.74 Å². The first-order chi connectivity index (χ1) is 10.3. The van der Waals surface area contributed by atoms with Crippen molar-refractivity contribution in [1.29, 1.82) is 0 Å². The van der Waals surface area contributed by atoms with Crippen molar-refractivity contribution in [3.8, 4) is 17.0 Å². The predicted molar refractivity (Wildman–Crippen MR) is 75.3 cm³/mol. The number of hydrogen-bond donors (Lipinski definition) is 1. The van der Waals surface area contributed by atoms with Crippen molar-refractivity contribution in [1.82, 2.24) is 20.4 Å². The normalized spacial score (nSPS) is 14.5. The molecule has 0 atom stereocenters. The molecular formula is C15H13FN4O. The summed E-state index contributed by atoms with van der Waals surface area (Å²) < 4.78 is 19.6. The lowest BCUT2D eigenvalue weighted by atomic mass is 10.1. The van der Waals surface area contributed by atoms with E-state index < -0.39 is 0 Å². The molecule has 1 saturated carbocycles. The molecule has 3 aromatic rings. The third-order valence-corrected chi connectivity index (χ3v) is 3.58. The van der Waals surface area contributed by atoms with E-state index in [0.717, 1.165) is 0 Å². The molecule has 0 aliphatic heterocycles. The largest absolute Gasteiger partial charge is 0.490 e. The molecule has 1 fully saturated rings. The van der Waals surface area contributed by atoms with Gasteiger partial charge in [0.25, 0.3) is 0 Å². The molecule has 2 aromatic heterocycles. The zero-order valence-electron chi connectivity index (χ0n) is 11.2. The Morgan fingerprint density at radius 3 is 2.90 bits per heavy atom. The van der Waals surface area contributed by atoms with Gasteiger partial charge in [0.2, 0.25) is 5.65 Å². The molecule has 0 amide bonds. The SMILES string of the molecule is Fc1cc(-c2ccc3n[nH]nc3n2)ccc1OCC1CC1. The van der Waals surface area contributed by atoms with Crippen LogP contribution in [0.5, 0.6) is 5.75 Å². The Morgan fingerprint density at radius 2 is 2.10 bits per heavy atom. The maximum atomic E-state index is 14.1. The number of nitrogens with one attached hydrogen (secondary N) is 1. The maximum absolute atomic E-state index is 14.1. The topological polar surface area (TPSA) is 63.7 Å². The van der Waals surface area contributed by atoms with Crippen LogP contribution in [0.1, 0.15) is 12.8 Å². The van der Waals surface area contributed by atoms with E-state index in [0.29, 0.717) is 40.7 Å². The Morgan fingerprint density at radius 1 is 1.19 bits per heavy atom. The van der Waals surface area contributed by atoms with Gasteiger partial charge in [-0.05, 0) is 49.1 Å². The molecule has 5 nitrogen and oxygen atoms in total. The molecule has 1 aliphatic rings. The number of halogens is 1. The summed E-state index contributed by atoms with van der Waals surface area (Å²) in [6, 6.07) is 8.50. The van der Waals surface area contributed by atoms with Crippen LogP contribution in [0.4, 0.5) is 4.39 Å². The number of benzene rings is 1. The van der Waals surface area contributed by atoms with Gasteiger partial charge >= 0.3 is 0 Å². The second-order valence-corrected chi connectivity index (χ2v) is 5.26. The van der Waals surface area contributed by atoms with Gasteiger partial charge in [-0.15, -0.1) is 5.10 Å². The summed E-state index contributed by atoms with van der Waals surface area (Å²) in [7, 11) is 0. The zero-order chi connectivity index (χ0) is 14.2. The fraction of sp³-hybridized carbons (Fsp3) is 0.267. The molecule has 0 radical (unpaired) electrons. The lowest BCUT2D eigenvalue weighted by Gasteiger charge is -2.08. The van der Waals surface area contributed by atoms with Crippen LogP contribution in [0.3, 0.4) is 0 Å². The van der Waals surface area contributed by atoms with Gasteiger partial charge in [0.15, 0.2) is 11.6 Å². The third-order valence-electron chi connectivity index (χ3n) is 3.58. The van der Waals surface area contributed by atoms with E-state index in [4.69, 9.17) is 4.74 Å². The van der Waals surface area contributed by atoms with Gasteiger partial charge in [0, 0.05) is 5.56 Å². The number of hydrogen-bond acceptors (Lipinski definition) is 4. The van der Waals surface area contributed by atoms with Crippen molar-refractivity contribution < 1.29 is 9.13 Å². The molecule has 0 bridgehead atoms. The standard InChI is InChI=1S/C15H13FN4O/c16-11-7-10(3-6-14(11)21-8-9-1-2-9)12-4-5-13-15(17-12)19-20-18-13/h3-7,9H,1-2,8H2,(H,17,18,19,20). The minimum atomic E-state index is -0.366. The highest BCUT2D eigenvalue weighted by Gasteiger charge is 2.22. The third kappa shape index (κ3) is 2.44. The first-order valence-electron chi connectivity index (χ1n) is 6.90. The minimum Gasteiger partial charge on any atom is -0.490 e.